The van der Waals surface area contributed by atoms with E-state index in [1.54, 1.807) is 48.5 Å². The Hall–Kier alpha value is -2.36. The SMILES string of the molecule is O=C(Cl)c1ccc(-c2ccc(-c3ccc(C(=O)Cl)cc3)o2)cc1. The fraction of sp³-hybridized carbons (Fsp3) is 0. The van der Waals surface area contributed by atoms with Gasteiger partial charge in [-0.3, -0.25) is 9.59 Å². The number of hydrogen-bond acceptors (Lipinski definition) is 3. The molecule has 114 valence electrons. The largest absolute Gasteiger partial charge is 0.456 e. The predicted molar refractivity (Wildman–Crippen MR) is 89.9 cm³/mol. The van der Waals surface area contributed by atoms with E-state index in [1.807, 2.05) is 12.1 Å². The van der Waals surface area contributed by atoms with E-state index in [9.17, 15) is 9.59 Å². The van der Waals surface area contributed by atoms with Gasteiger partial charge in [-0.2, -0.15) is 0 Å². The molecule has 0 atom stereocenters. The molecule has 3 rings (SSSR count). The summed E-state index contributed by atoms with van der Waals surface area (Å²) >= 11 is 10.8. The summed E-state index contributed by atoms with van der Waals surface area (Å²) < 4.78 is 5.82. The fourth-order valence-corrected chi connectivity index (χ4v) is 2.43. The van der Waals surface area contributed by atoms with E-state index in [0.29, 0.717) is 22.6 Å². The van der Waals surface area contributed by atoms with E-state index in [1.165, 1.54) is 0 Å². The third kappa shape index (κ3) is 3.36. The maximum Gasteiger partial charge on any atom is 0.252 e. The van der Waals surface area contributed by atoms with Crippen molar-refractivity contribution in [1.29, 1.82) is 0 Å². The molecule has 0 amide bonds. The smallest absolute Gasteiger partial charge is 0.252 e. The first kappa shape index (κ1) is 15.5. The van der Waals surface area contributed by atoms with Crippen molar-refractivity contribution in [3.8, 4) is 22.6 Å². The summed E-state index contributed by atoms with van der Waals surface area (Å²) in [7, 11) is 0. The zero-order chi connectivity index (χ0) is 16.4. The molecular formula is C18H10Cl2O3. The third-order valence-corrected chi connectivity index (χ3v) is 3.84. The second-order valence-electron chi connectivity index (χ2n) is 4.87. The van der Waals surface area contributed by atoms with Crippen LogP contribution in [-0.4, -0.2) is 10.5 Å². The number of rotatable bonds is 4. The van der Waals surface area contributed by atoms with Crippen LogP contribution in [0.4, 0.5) is 0 Å². The van der Waals surface area contributed by atoms with Gasteiger partial charge in [0.25, 0.3) is 10.5 Å². The lowest BCUT2D eigenvalue weighted by Crippen LogP contribution is -1.87. The zero-order valence-electron chi connectivity index (χ0n) is 11.8. The van der Waals surface area contributed by atoms with Crippen molar-refractivity contribution in [2.45, 2.75) is 0 Å². The van der Waals surface area contributed by atoms with Crippen LogP contribution in [0.2, 0.25) is 0 Å². The van der Waals surface area contributed by atoms with Crippen LogP contribution >= 0.6 is 23.2 Å². The Kier molecular flexibility index (Phi) is 4.33. The van der Waals surface area contributed by atoms with Crippen molar-refractivity contribution in [3.63, 3.8) is 0 Å². The topological polar surface area (TPSA) is 47.3 Å². The summed E-state index contributed by atoms with van der Waals surface area (Å²) in [6.45, 7) is 0. The summed E-state index contributed by atoms with van der Waals surface area (Å²) in [4.78, 5) is 22.1. The second kappa shape index (κ2) is 6.41. The molecule has 2 aromatic carbocycles. The minimum atomic E-state index is -0.495. The summed E-state index contributed by atoms with van der Waals surface area (Å²) in [5.41, 5.74) is 2.54. The first-order valence-electron chi connectivity index (χ1n) is 6.75. The first-order chi connectivity index (χ1) is 11.0. The molecule has 23 heavy (non-hydrogen) atoms. The highest BCUT2D eigenvalue weighted by atomic mass is 35.5. The van der Waals surface area contributed by atoms with Crippen LogP contribution in [0.5, 0.6) is 0 Å². The Bertz CT molecular complexity index is 790. The number of carbonyl (C=O) groups is 2. The lowest BCUT2D eigenvalue weighted by molar-refractivity contribution is 0.107. The molecule has 1 aromatic heterocycles. The maximum atomic E-state index is 11.1. The molecule has 0 spiro atoms. The van der Waals surface area contributed by atoms with Crippen molar-refractivity contribution in [1.82, 2.24) is 0 Å². The average Bonchev–Trinajstić information content (AvgIpc) is 3.05. The highest BCUT2D eigenvalue weighted by Gasteiger charge is 2.09. The number of furan rings is 1. The maximum absolute atomic E-state index is 11.1. The molecule has 0 fully saturated rings. The van der Waals surface area contributed by atoms with E-state index in [-0.39, 0.29) is 0 Å². The van der Waals surface area contributed by atoms with Crippen LogP contribution in [-0.2, 0) is 0 Å². The highest BCUT2D eigenvalue weighted by molar-refractivity contribution is 6.68. The van der Waals surface area contributed by atoms with Gasteiger partial charge >= 0.3 is 0 Å². The van der Waals surface area contributed by atoms with Gasteiger partial charge in [-0.05, 0) is 59.6 Å². The molecule has 0 aliphatic carbocycles. The molecule has 0 radical (unpaired) electrons. The van der Waals surface area contributed by atoms with Crippen LogP contribution in [0.1, 0.15) is 20.7 Å². The van der Waals surface area contributed by atoms with Gasteiger partial charge in [-0.15, -0.1) is 0 Å². The molecule has 3 aromatic rings. The van der Waals surface area contributed by atoms with Crippen molar-refractivity contribution in [2.75, 3.05) is 0 Å². The highest BCUT2D eigenvalue weighted by Crippen LogP contribution is 2.29. The van der Waals surface area contributed by atoms with E-state index in [0.717, 1.165) is 11.1 Å². The van der Waals surface area contributed by atoms with Crippen molar-refractivity contribution < 1.29 is 14.0 Å². The summed E-state index contributed by atoms with van der Waals surface area (Å²) in [5.74, 6) is 1.34. The molecule has 0 saturated heterocycles. The van der Waals surface area contributed by atoms with E-state index < -0.39 is 10.5 Å². The van der Waals surface area contributed by atoms with Gasteiger partial charge in [0.1, 0.15) is 11.5 Å². The molecular weight excluding hydrogens is 335 g/mol. The van der Waals surface area contributed by atoms with Crippen molar-refractivity contribution in [2.24, 2.45) is 0 Å². The minimum Gasteiger partial charge on any atom is -0.456 e. The third-order valence-electron chi connectivity index (χ3n) is 3.40. The van der Waals surface area contributed by atoms with Crippen molar-refractivity contribution >= 4 is 33.7 Å². The minimum absolute atomic E-state index is 0.434. The molecule has 0 unspecified atom stereocenters. The zero-order valence-corrected chi connectivity index (χ0v) is 13.3. The number of carbonyl (C=O) groups excluding carboxylic acids is 2. The lowest BCUT2D eigenvalue weighted by Gasteiger charge is -2.00. The van der Waals surface area contributed by atoms with E-state index in [4.69, 9.17) is 27.6 Å². The van der Waals surface area contributed by atoms with E-state index in [2.05, 4.69) is 0 Å². The molecule has 1 heterocycles. The normalized spacial score (nSPS) is 10.5. The lowest BCUT2D eigenvalue weighted by atomic mass is 10.1. The summed E-state index contributed by atoms with van der Waals surface area (Å²) in [5, 5.41) is -0.990. The van der Waals surface area contributed by atoms with Gasteiger partial charge in [0.15, 0.2) is 0 Å². The molecule has 3 nitrogen and oxygen atoms in total. The Morgan fingerprint density at radius 1 is 0.609 bits per heavy atom. The standard InChI is InChI=1S/C18H10Cl2O3/c19-17(21)13-5-1-11(2-6-13)15-9-10-16(23-15)12-3-7-14(8-4-12)18(20)22/h1-10H. The Balaban J connectivity index is 1.87. The van der Waals surface area contributed by atoms with Gasteiger partial charge in [0.2, 0.25) is 0 Å². The van der Waals surface area contributed by atoms with Gasteiger partial charge < -0.3 is 4.42 Å². The molecule has 0 aliphatic rings. The van der Waals surface area contributed by atoms with Crippen LogP contribution in [0.3, 0.4) is 0 Å². The van der Waals surface area contributed by atoms with Crippen LogP contribution < -0.4 is 0 Å². The number of hydrogen-bond donors (Lipinski definition) is 0. The first-order valence-corrected chi connectivity index (χ1v) is 7.50. The average molecular weight is 345 g/mol. The van der Waals surface area contributed by atoms with Gasteiger partial charge in [-0.1, -0.05) is 24.3 Å². The Labute approximate surface area is 142 Å². The van der Waals surface area contributed by atoms with E-state index >= 15 is 0 Å². The Morgan fingerprint density at radius 3 is 1.26 bits per heavy atom. The van der Waals surface area contributed by atoms with Gasteiger partial charge in [0.05, 0.1) is 0 Å². The fourth-order valence-electron chi connectivity index (χ4n) is 2.18. The molecule has 5 heteroatoms. The van der Waals surface area contributed by atoms with Gasteiger partial charge in [-0.25, -0.2) is 0 Å². The number of benzene rings is 2. The predicted octanol–water partition coefficient (Wildman–Crippen LogP) is 5.37. The summed E-state index contributed by atoms with van der Waals surface area (Å²) in [6.07, 6.45) is 0. The van der Waals surface area contributed by atoms with Crippen molar-refractivity contribution in [3.05, 3.63) is 71.8 Å². The second-order valence-corrected chi connectivity index (χ2v) is 5.55. The van der Waals surface area contributed by atoms with Crippen LogP contribution in [0, 0.1) is 0 Å². The summed E-state index contributed by atoms with van der Waals surface area (Å²) in [6, 6.07) is 17.4. The molecule has 0 N–H and O–H groups in total. The monoisotopic (exact) mass is 344 g/mol. The van der Waals surface area contributed by atoms with Crippen LogP contribution in [0.25, 0.3) is 22.6 Å². The van der Waals surface area contributed by atoms with Crippen LogP contribution in [0.15, 0.2) is 65.1 Å². The molecule has 0 bridgehead atoms. The quantitative estimate of drug-likeness (QED) is 0.597. The molecule has 0 aliphatic heterocycles. The van der Waals surface area contributed by atoms with Gasteiger partial charge in [0, 0.05) is 22.3 Å². The molecule has 0 saturated carbocycles. The Morgan fingerprint density at radius 2 is 0.957 bits per heavy atom. The number of halogens is 2.